The van der Waals surface area contributed by atoms with Gasteiger partial charge in [0.05, 0.1) is 35.3 Å². The molecule has 0 bridgehead atoms. The molecule has 10 nitrogen and oxygen atoms in total. The van der Waals surface area contributed by atoms with E-state index < -0.39 is 44.0 Å². The maximum Gasteiger partial charge on any atom is 0.262 e. The molecule has 1 aliphatic heterocycles. The van der Waals surface area contributed by atoms with E-state index in [0.29, 0.717) is 5.02 Å². The smallest absolute Gasteiger partial charge is 0.262 e. The van der Waals surface area contributed by atoms with Crippen LogP contribution in [0.15, 0.2) is 69.1 Å². The van der Waals surface area contributed by atoms with Gasteiger partial charge in [-0.1, -0.05) is 30.7 Å². The Labute approximate surface area is 243 Å². The maximum atomic E-state index is 13.6. The Morgan fingerprint density at radius 1 is 1.15 bits per heavy atom. The van der Waals surface area contributed by atoms with E-state index in [0.717, 1.165) is 11.3 Å². The van der Waals surface area contributed by atoms with Gasteiger partial charge in [0.15, 0.2) is 5.75 Å². The summed E-state index contributed by atoms with van der Waals surface area (Å²) in [5, 5.41) is 11.9. The lowest BCUT2D eigenvalue weighted by Gasteiger charge is -2.38. The zero-order chi connectivity index (χ0) is 29.2. The van der Waals surface area contributed by atoms with Crippen LogP contribution >= 0.6 is 22.9 Å². The molecule has 40 heavy (non-hydrogen) atoms. The molecular weight excluding hydrogens is 598 g/mol. The Morgan fingerprint density at radius 2 is 1.85 bits per heavy atom. The Balaban J connectivity index is 1.76. The van der Waals surface area contributed by atoms with E-state index >= 15 is 0 Å². The molecule has 2 heterocycles. The molecule has 0 radical (unpaired) electrons. The molecule has 1 amide bonds. The molecule has 0 spiro atoms. The van der Waals surface area contributed by atoms with Gasteiger partial charge in [0.25, 0.3) is 26.0 Å². The van der Waals surface area contributed by atoms with Crippen LogP contribution in [0.5, 0.6) is 5.75 Å². The van der Waals surface area contributed by atoms with Gasteiger partial charge in [-0.25, -0.2) is 16.8 Å². The van der Waals surface area contributed by atoms with Crippen LogP contribution in [-0.4, -0.2) is 75.9 Å². The lowest BCUT2D eigenvalue weighted by Crippen LogP contribution is -2.50. The summed E-state index contributed by atoms with van der Waals surface area (Å²) < 4.78 is 63.0. The maximum absolute atomic E-state index is 13.6. The van der Waals surface area contributed by atoms with Crippen LogP contribution in [0.3, 0.4) is 0 Å². The molecule has 2 aromatic carbocycles. The third-order valence-electron chi connectivity index (χ3n) is 6.66. The van der Waals surface area contributed by atoms with Crippen molar-refractivity contribution in [1.82, 2.24) is 9.21 Å². The molecule has 4 rings (SSSR count). The largest absolute Gasteiger partial charge is 0.486 e. The number of ether oxygens (including phenoxy) is 1. The van der Waals surface area contributed by atoms with Gasteiger partial charge in [0, 0.05) is 24.5 Å². The molecule has 0 saturated heterocycles. The van der Waals surface area contributed by atoms with Crippen LogP contribution in [0.25, 0.3) is 0 Å². The summed E-state index contributed by atoms with van der Waals surface area (Å²) in [6.07, 6.45) is -0.777. The lowest BCUT2D eigenvalue weighted by molar-refractivity contribution is 0.0389. The SMILES string of the molecule is C[C@H](CO)N1C[C@H](C)[C@H](CN(C)S(=O)(=O)c2cccs2)Oc2c(NS(=O)(=O)c3ccc(Cl)cc3)cccc2C1=O. The van der Waals surface area contributed by atoms with Gasteiger partial charge in [0.1, 0.15) is 10.3 Å². The van der Waals surface area contributed by atoms with Crippen LogP contribution in [0, 0.1) is 5.92 Å². The highest BCUT2D eigenvalue weighted by Crippen LogP contribution is 2.36. The minimum absolute atomic E-state index is 0.0141. The topological polar surface area (TPSA) is 133 Å². The van der Waals surface area contributed by atoms with Crippen LogP contribution in [-0.2, 0) is 20.0 Å². The van der Waals surface area contributed by atoms with Crippen molar-refractivity contribution >= 4 is 54.6 Å². The van der Waals surface area contributed by atoms with Gasteiger partial charge in [-0.2, -0.15) is 4.31 Å². The molecule has 216 valence electrons. The average molecular weight is 628 g/mol. The number of thiophene rings is 1. The summed E-state index contributed by atoms with van der Waals surface area (Å²) in [5.74, 6) is -0.874. The normalized spacial score (nSPS) is 18.9. The number of para-hydroxylation sites is 1. The number of amides is 1. The van der Waals surface area contributed by atoms with E-state index in [9.17, 15) is 26.7 Å². The lowest BCUT2D eigenvalue weighted by atomic mass is 9.99. The zero-order valence-corrected chi connectivity index (χ0v) is 25.2. The van der Waals surface area contributed by atoms with Crippen LogP contribution in [0.2, 0.25) is 5.02 Å². The minimum atomic E-state index is -4.10. The number of nitrogens with zero attached hydrogens (tertiary/aromatic N) is 2. The summed E-state index contributed by atoms with van der Waals surface area (Å²) in [5.41, 5.74) is 0.0949. The molecule has 14 heteroatoms. The molecule has 1 aromatic heterocycles. The number of halogens is 1. The van der Waals surface area contributed by atoms with Crippen LogP contribution in [0.4, 0.5) is 5.69 Å². The number of hydrogen-bond donors (Lipinski definition) is 2. The second-order valence-electron chi connectivity index (χ2n) is 9.58. The van der Waals surface area contributed by atoms with Crippen molar-refractivity contribution in [2.75, 3.05) is 31.5 Å². The Morgan fingerprint density at radius 3 is 2.48 bits per heavy atom. The number of anilines is 1. The quantitative estimate of drug-likeness (QED) is 0.369. The molecule has 3 aromatic rings. The van der Waals surface area contributed by atoms with Gasteiger partial charge in [-0.3, -0.25) is 9.52 Å². The highest BCUT2D eigenvalue weighted by Gasteiger charge is 2.36. The molecule has 0 aliphatic carbocycles. The second-order valence-corrected chi connectivity index (χ2v) is 14.9. The van der Waals surface area contributed by atoms with Gasteiger partial charge in [-0.05, 0) is 54.8 Å². The number of likely N-dealkylation sites (N-methyl/N-ethyl adjacent to an activating group) is 1. The minimum Gasteiger partial charge on any atom is -0.486 e. The highest BCUT2D eigenvalue weighted by molar-refractivity contribution is 7.92. The first-order valence-corrected chi connectivity index (χ1v) is 16.5. The third kappa shape index (κ3) is 6.29. The second kappa shape index (κ2) is 12.0. The number of hydrogen-bond acceptors (Lipinski definition) is 8. The number of aliphatic hydroxyl groups is 1. The van der Waals surface area contributed by atoms with Crippen molar-refractivity contribution in [1.29, 1.82) is 0 Å². The first-order chi connectivity index (χ1) is 18.8. The average Bonchev–Trinajstić information content (AvgIpc) is 3.47. The van der Waals surface area contributed by atoms with Crippen molar-refractivity contribution in [2.24, 2.45) is 5.92 Å². The Hall–Kier alpha value is -2.68. The molecule has 0 saturated carbocycles. The molecule has 1 aliphatic rings. The summed E-state index contributed by atoms with van der Waals surface area (Å²) in [6.45, 7) is 3.32. The van der Waals surface area contributed by atoms with Crippen molar-refractivity contribution in [3.05, 3.63) is 70.6 Å². The number of nitrogens with one attached hydrogen (secondary N) is 1. The summed E-state index contributed by atoms with van der Waals surface area (Å²) in [6, 6.07) is 12.7. The fraction of sp³-hybridized carbons (Fsp3) is 0.346. The highest BCUT2D eigenvalue weighted by atomic mass is 35.5. The molecule has 2 N–H and O–H groups in total. The summed E-state index contributed by atoms with van der Waals surface area (Å²) >= 11 is 7.01. The standard InChI is InChI=1S/C26H30ClN3O7S3/c1-17-14-30(18(2)16-31)26(32)21-6-4-7-22(28-39(33,34)20-11-9-19(27)10-12-20)25(21)37-23(17)15-29(3)40(35,36)24-8-5-13-38-24/h4-13,17-18,23,28,31H,14-16H2,1-3H3/t17-,18+,23-/m0/s1. The third-order valence-corrected chi connectivity index (χ3v) is 11.5. The number of benzene rings is 2. The van der Waals surface area contributed by atoms with Crippen LogP contribution < -0.4 is 9.46 Å². The monoisotopic (exact) mass is 627 g/mol. The predicted molar refractivity (Wildman–Crippen MR) is 154 cm³/mol. The molecule has 0 unspecified atom stereocenters. The fourth-order valence-corrected chi connectivity index (χ4v) is 7.85. The van der Waals surface area contributed by atoms with E-state index in [-0.39, 0.29) is 45.8 Å². The van der Waals surface area contributed by atoms with E-state index in [2.05, 4.69) is 4.72 Å². The van der Waals surface area contributed by atoms with E-state index in [4.69, 9.17) is 16.3 Å². The van der Waals surface area contributed by atoms with E-state index in [1.807, 2.05) is 6.92 Å². The molecular formula is C26H30ClN3O7S3. The van der Waals surface area contributed by atoms with Gasteiger partial charge < -0.3 is 14.7 Å². The fourth-order valence-electron chi connectivity index (χ4n) is 4.27. The summed E-state index contributed by atoms with van der Waals surface area (Å²) in [4.78, 5) is 15.1. The number of carbonyl (C=O) groups excluding carboxylic acids is 1. The van der Waals surface area contributed by atoms with E-state index in [1.54, 1.807) is 18.4 Å². The van der Waals surface area contributed by atoms with Gasteiger partial charge >= 0.3 is 0 Å². The van der Waals surface area contributed by atoms with Crippen LogP contribution in [0.1, 0.15) is 24.2 Å². The van der Waals surface area contributed by atoms with Crippen molar-refractivity contribution in [2.45, 2.75) is 35.1 Å². The first kappa shape index (κ1) is 30.3. The Bertz CT molecular complexity index is 1560. The predicted octanol–water partition coefficient (Wildman–Crippen LogP) is 3.74. The van der Waals surface area contributed by atoms with Crippen molar-refractivity contribution < 1.29 is 31.5 Å². The van der Waals surface area contributed by atoms with Gasteiger partial charge in [0.2, 0.25) is 0 Å². The number of aliphatic hydroxyl groups excluding tert-OH is 1. The number of sulfonamides is 2. The number of carbonyl (C=O) groups is 1. The zero-order valence-electron chi connectivity index (χ0n) is 22.0. The van der Waals surface area contributed by atoms with E-state index in [1.165, 1.54) is 64.8 Å². The Kier molecular flexibility index (Phi) is 9.12. The number of fused-ring (bicyclic) bond motifs is 1. The van der Waals surface area contributed by atoms with Crippen molar-refractivity contribution in [3.8, 4) is 5.75 Å². The molecule has 0 fully saturated rings. The van der Waals surface area contributed by atoms with Crippen molar-refractivity contribution in [3.63, 3.8) is 0 Å². The molecule has 3 atom stereocenters. The van der Waals surface area contributed by atoms with Gasteiger partial charge in [-0.15, -0.1) is 11.3 Å². The summed E-state index contributed by atoms with van der Waals surface area (Å²) in [7, 11) is -6.47. The number of rotatable bonds is 9. The first-order valence-electron chi connectivity index (χ1n) is 12.3.